The first kappa shape index (κ1) is 13.9. The Morgan fingerprint density at radius 2 is 1.93 bits per heavy atom. The first-order chi connectivity index (χ1) is 6.68. The lowest BCUT2D eigenvalue weighted by Gasteiger charge is -2.21. The molecule has 2 atom stereocenters. The van der Waals surface area contributed by atoms with Gasteiger partial charge in [0.05, 0.1) is 12.6 Å². The summed E-state index contributed by atoms with van der Waals surface area (Å²) in [6.07, 6.45) is 0. The summed E-state index contributed by atoms with van der Waals surface area (Å²) in [5.41, 5.74) is 3.56. The van der Waals surface area contributed by atoms with Crippen molar-refractivity contribution in [3.05, 3.63) is 0 Å². The highest BCUT2D eigenvalue weighted by atomic mass is 16.4. The van der Waals surface area contributed by atoms with E-state index in [-0.39, 0.29) is 12.5 Å². The van der Waals surface area contributed by atoms with Gasteiger partial charge in [0.1, 0.15) is 0 Å². The number of amides is 1. The number of nitrogens with one attached hydrogen (secondary N) is 1. The fourth-order valence-electron chi connectivity index (χ4n) is 0.755. The van der Waals surface area contributed by atoms with Gasteiger partial charge in [0.2, 0.25) is 5.91 Å². The molecule has 0 aromatic carbocycles. The summed E-state index contributed by atoms with van der Waals surface area (Å²) in [6, 6.07) is -0.699. The molecule has 5 N–H and O–H groups in total. The molecule has 1 amide bonds. The minimum atomic E-state index is -1.97. The fraction of sp³-hybridized carbons (Fsp3) is 0.778. The van der Waals surface area contributed by atoms with E-state index in [2.05, 4.69) is 5.32 Å². The summed E-state index contributed by atoms with van der Waals surface area (Å²) < 4.78 is 0. The molecule has 0 fully saturated rings. The highest BCUT2D eigenvalue weighted by Gasteiger charge is 2.31. The summed E-state index contributed by atoms with van der Waals surface area (Å²) in [4.78, 5) is 21.8. The monoisotopic (exact) mass is 218 g/mol. The average molecular weight is 218 g/mol. The van der Waals surface area contributed by atoms with Crippen molar-refractivity contribution in [2.75, 3.05) is 6.54 Å². The van der Waals surface area contributed by atoms with Gasteiger partial charge < -0.3 is 21.3 Å². The van der Waals surface area contributed by atoms with Crippen molar-refractivity contribution < 1.29 is 19.8 Å². The maximum absolute atomic E-state index is 11.3. The maximum Gasteiger partial charge on any atom is 0.337 e. The number of aliphatic hydroxyl groups is 1. The highest BCUT2D eigenvalue weighted by Crippen LogP contribution is 2.02. The van der Waals surface area contributed by atoms with Gasteiger partial charge in [-0.15, -0.1) is 0 Å². The van der Waals surface area contributed by atoms with Crippen LogP contribution in [0.5, 0.6) is 0 Å². The Morgan fingerprint density at radius 1 is 1.47 bits per heavy atom. The first-order valence-corrected chi connectivity index (χ1v) is 4.67. The van der Waals surface area contributed by atoms with Gasteiger partial charge >= 0.3 is 5.97 Å². The number of rotatable bonds is 5. The van der Waals surface area contributed by atoms with E-state index in [9.17, 15) is 14.7 Å². The van der Waals surface area contributed by atoms with Crippen LogP contribution in [0.15, 0.2) is 0 Å². The van der Waals surface area contributed by atoms with Crippen molar-refractivity contribution in [3.63, 3.8) is 0 Å². The number of hydrogen-bond acceptors (Lipinski definition) is 4. The highest BCUT2D eigenvalue weighted by molar-refractivity contribution is 5.83. The van der Waals surface area contributed by atoms with E-state index >= 15 is 0 Å². The van der Waals surface area contributed by atoms with E-state index in [1.165, 1.54) is 0 Å². The van der Waals surface area contributed by atoms with Crippen molar-refractivity contribution in [1.82, 2.24) is 5.32 Å². The molecule has 0 aliphatic carbocycles. The summed E-state index contributed by atoms with van der Waals surface area (Å²) in [7, 11) is 0. The van der Waals surface area contributed by atoms with Crippen LogP contribution in [0.1, 0.15) is 20.8 Å². The molecule has 0 heterocycles. The Balaban J connectivity index is 4.18. The third-order valence-electron chi connectivity index (χ3n) is 2.09. The van der Waals surface area contributed by atoms with Gasteiger partial charge in [0, 0.05) is 0 Å². The van der Waals surface area contributed by atoms with Crippen molar-refractivity contribution >= 4 is 11.9 Å². The minimum Gasteiger partial charge on any atom is -0.479 e. The van der Waals surface area contributed by atoms with Gasteiger partial charge in [-0.2, -0.15) is 0 Å². The van der Waals surface area contributed by atoms with Gasteiger partial charge in [-0.1, -0.05) is 13.8 Å². The average Bonchev–Trinajstić information content (AvgIpc) is 2.12. The van der Waals surface area contributed by atoms with Crippen molar-refractivity contribution in [2.45, 2.75) is 32.4 Å². The molecule has 0 radical (unpaired) electrons. The molecule has 0 saturated carbocycles. The number of nitrogens with two attached hydrogens (primary N) is 1. The van der Waals surface area contributed by atoms with Crippen LogP contribution in [0.2, 0.25) is 0 Å². The van der Waals surface area contributed by atoms with Gasteiger partial charge in [0.25, 0.3) is 0 Å². The second kappa shape index (κ2) is 5.09. The Kier molecular flexibility index (Phi) is 4.70. The quantitative estimate of drug-likeness (QED) is 0.469. The number of aliphatic carboxylic acids is 1. The molecule has 0 aliphatic heterocycles. The predicted octanol–water partition coefficient (Wildman–Crippen LogP) is -1.08. The molecular formula is C9H18N2O4. The third-order valence-corrected chi connectivity index (χ3v) is 2.09. The zero-order valence-electron chi connectivity index (χ0n) is 9.15. The standard InChI is InChI=1S/C9H18N2O4/c1-5(2)6(10)7(12)11-4-9(3,15)8(13)14/h5-6,15H,4,10H2,1-3H3,(H,11,12)(H,13,14)/t6-,9?/m1/s1. The molecule has 0 rings (SSSR count). The molecule has 6 heteroatoms. The number of carbonyl (C=O) groups is 2. The number of carbonyl (C=O) groups excluding carboxylic acids is 1. The van der Waals surface area contributed by atoms with Gasteiger partial charge in [0.15, 0.2) is 5.60 Å². The van der Waals surface area contributed by atoms with Crippen LogP contribution in [-0.4, -0.2) is 40.3 Å². The van der Waals surface area contributed by atoms with E-state index in [1.807, 2.05) is 0 Å². The van der Waals surface area contributed by atoms with Crippen LogP contribution in [0.25, 0.3) is 0 Å². The summed E-state index contributed by atoms with van der Waals surface area (Å²) in [5, 5.41) is 20.2. The molecule has 0 bridgehead atoms. The molecule has 0 spiro atoms. The Labute approximate surface area is 88.5 Å². The SMILES string of the molecule is CC(C)[C@@H](N)C(=O)NCC(C)(O)C(=O)O. The van der Waals surface area contributed by atoms with E-state index in [0.717, 1.165) is 6.92 Å². The first-order valence-electron chi connectivity index (χ1n) is 4.67. The van der Waals surface area contributed by atoms with Crippen LogP contribution in [-0.2, 0) is 9.59 Å². The van der Waals surface area contributed by atoms with E-state index in [4.69, 9.17) is 10.8 Å². The topological polar surface area (TPSA) is 113 Å². The normalized spacial score (nSPS) is 16.9. The predicted molar refractivity (Wildman–Crippen MR) is 54.1 cm³/mol. The van der Waals surface area contributed by atoms with E-state index < -0.39 is 23.5 Å². The lowest BCUT2D eigenvalue weighted by atomic mass is 10.0. The summed E-state index contributed by atoms with van der Waals surface area (Å²) in [6.45, 7) is 4.30. The number of hydrogen-bond donors (Lipinski definition) is 4. The molecule has 88 valence electrons. The second-order valence-electron chi connectivity index (χ2n) is 4.07. The lowest BCUT2D eigenvalue weighted by Crippen LogP contribution is -2.51. The van der Waals surface area contributed by atoms with Crippen molar-refractivity contribution in [1.29, 1.82) is 0 Å². The van der Waals surface area contributed by atoms with E-state index in [1.54, 1.807) is 13.8 Å². The van der Waals surface area contributed by atoms with Gasteiger partial charge in [-0.3, -0.25) is 4.79 Å². The van der Waals surface area contributed by atoms with E-state index in [0.29, 0.717) is 0 Å². The molecule has 1 unspecified atom stereocenters. The third kappa shape index (κ3) is 4.26. The van der Waals surface area contributed by atoms with Gasteiger partial charge in [-0.05, 0) is 12.8 Å². The molecule has 15 heavy (non-hydrogen) atoms. The van der Waals surface area contributed by atoms with Crippen molar-refractivity contribution in [3.8, 4) is 0 Å². The van der Waals surface area contributed by atoms with Crippen molar-refractivity contribution in [2.24, 2.45) is 11.7 Å². The zero-order valence-corrected chi connectivity index (χ0v) is 9.15. The Morgan fingerprint density at radius 3 is 2.27 bits per heavy atom. The number of carboxylic acid groups (broad SMARTS) is 1. The van der Waals surface area contributed by atoms with Crippen LogP contribution in [0.4, 0.5) is 0 Å². The smallest absolute Gasteiger partial charge is 0.337 e. The molecule has 0 aromatic rings. The van der Waals surface area contributed by atoms with Crippen LogP contribution in [0.3, 0.4) is 0 Å². The van der Waals surface area contributed by atoms with Crippen LogP contribution in [0, 0.1) is 5.92 Å². The lowest BCUT2D eigenvalue weighted by molar-refractivity contribution is -0.156. The molecular weight excluding hydrogens is 200 g/mol. The largest absolute Gasteiger partial charge is 0.479 e. The summed E-state index contributed by atoms with van der Waals surface area (Å²) in [5.74, 6) is -1.90. The molecule has 0 aliphatic rings. The number of carboxylic acids is 1. The zero-order chi connectivity index (χ0) is 12.2. The Bertz CT molecular complexity index is 250. The molecule has 6 nitrogen and oxygen atoms in total. The molecule has 0 aromatic heterocycles. The maximum atomic E-state index is 11.3. The molecule has 0 saturated heterocycles. The fourth-order valence-corrected chi connectivity index (χ4v) is 0.755. The van der Waals surface area contributed by atoms with Gasteiger partial charge in [-0.25, -0.2) is 4.79 Å². The van der Waals surface area contributed by atoms with Crippen LogP contribution < -0.4 is 11.1 Å². The minimum absolute atomic E-state index is 0.0419. The Hall–Kier alpha value is -1.14. The summed E-state index contributed by atoms with van der Waals surface area (Å²) >= 11 is 0. The van der Waals surface area contributed by atoms with Crippen LogP contribution >= 0.6 is 0 Å². The second-order valence-corrected chi connectivity index (χ2v) is 4.07.